The summed E-state index contributed by atoms with van der Waals surface area (Å²) in [6.07, 6.45) is 0. The predicted octanol–water partition coefficient (Wildman–Crippen LogP) is 15.3. The molecular formula is C52H32N2OS. The van der Waals surface area contributed by atoms with Crippen LogP contribution < -0.4 is 4.90 Å². The van der Waals surface area contributed by atoms with E-state index in [4.69, 9.17) is 4.42 Å². The highest BCUT2D eigenvalue weighted by molar-refractivity contribution is 7.26. The molecule has 0 saturated heterocycles. The van der Waals surface area contributed by atoms with Crippen molar-refractivity contribution in [3.8, 4) is 16.8 Å². The van der Waals surface area contributed by atoms with E-state index in [1.165, 1.54) is 58.4 Å². The van der Waals surface area contributed by atoms with E-state index in [9.17, 15) is 0 Å². The summed E-state index contributed by atoms with van der Waals surface area (Å²) in [7, 11) is 0. The average Bonchev–Trinajstić information content (AvgIpc) is 3.94. The van der Waals surface area contributed by atoms with Crippen LogP contribution in [-0.4, -0.2) is 4.57 Å². The Hall–Kier alpha value is -7.14. The van der Waals surface area contributed by atoms with E-state index in [-0.39, 0.29) is 0 Å². The largest absolute Gasteiger partial charge is 0.456 e. The summed E-state index contributed by atoms with van der Waals surface area (Å²) in [4.78, 5) is 2.49. The molecule has 4 heteroatoms. The molecule has 0 aliphatic carbocycles. The summed E-state index contributed by atoms with van der Waals surface area (Å²) in [6.45, 7) is 0. The molecule has 56 heavy (non-hydrogen) atoms. The highest BCUT2D eigenvalue weighted by Crippen LogP contribution is 2.50. The van der Waals surface area contributed by atoms with Crippen molar-refractivity contribution in [2.45, 2.75) is 0 Å². The van der Waals surface area contributed by atoms with Crippen LogP contribution in [0.1, 0.15) is 0 Å². The van der Waals surface area contributed by atoms with Gasteiger partial charge in [-0.3, -0.25) is 0 Å². The van der Waals surface area contributed by atoms with Gasteiger partial charge in [0.05, 0.1) is 27.1 Å². The summed E-state index contributed by atoms with van der Waals surface area (Å²) >= 11 is 1.87. The second-order valence-electron chi connectivity index (χ2n) is 14.5. The van der Waals surface area contributed by atoms with Crippen molar-refractivity contribution in [2.75, 3.05) is 4.90 Å². The summed E-state index contributed by atoms with van der Waals surface area (Å²) < 4.78 is 11.5. The third-order valence-electron chi connectivity index (χ3n) is 11.3. The minimum Gasteiger partial charge on any atom is -0.456 e. The topological polar surface area (TPSA) is 21.3 Å². The lowest BCUT2D eigenvalue weighted by Crippen LogP contribution is -2.10. The number of nitrogens with zero attached hydrogens (tertiary/aromatic N) is 2. The molecule has 0 fully saturated rings. The van der Waals surface area contributed by atoms with Crippen LogP contribution in [0.3, 0.4) is 0 Å². The maximum Gasteiger partial charge on any atom is 0.137 e. The van der Waals surface area contributed by atoms with Crippen molar-refractivity contribution in [1.82, 2.24) is 4.57 Å². The minimum absolute atomic E-state index is 0.877. The van der Waals surface area contributed by atoms with Gasteiger partial charge in [0.25, 0.3) is 0 Å². The standard InChI is InChI=1S/C52H32N2OS/c1-3-14-33(15-4-1)34-26-29-44-43(30-34)50-46(53(36-17-5-2-6-18-36)45-23-13-22-42-41-21-10-12-25-49(41)56-52(42)45)31-35-16-7-8-19-38(35)51(50)54(44)37-27-28-40-39-20-9-11-24-47(39)55-48(40)32-37/h1-32H. The molecule has 0 N–H and O–H groups in total. The number of furan rings is 1. The molecular weight excluding hydrogens is 701 g/mol. The fourth-order valence-corrected chi connectivity index (χ4v) is 10.1. The van der Waals surface area contributed by atoms with E-state index in [0.29, 0.717) is 0 Å². The Labute approximate surface area is 326 Å². The first-order valence-corrected chi connectivity index (χ1v) is 19.8. The number of hydrogen-bond donors (Lipinski definition) is 0. The molecule has 0 radical (unpaired) electrons. The first-order chi connectivity index (χ1) is 27.8. The maximum absolute atomic E-state index is 6.50. The van der Waals surface area contributed by atoms with Gasteiger partial charge in [-0.15, -0.1) is 11.3 Å². The van der Waals surface area contributed by atoms with E-state index < -0.39 is 0 Å². The second-order valence-corrected chi connectivity index (χ2v) is 15.5. The predicted molar refractivity (Wildman–Crippen MR) is 239 cm³/mol. The van der Waals surface area contributed by atoms with Gasteiger partial charge in [-0.1, -0.05) is 127 Å². The lowest BCUT2D eigenvalue weighted by molar-refractivity contribution is 0.668. The molecule has 0 aliphatic rings. The van der Waals surface area contributed by atoms with Crippen molar-refractivity contribution in [1.29, 1.82) is 0 Å². The third kappa shape index (κ3) is 4.63. The lowest BCUT2D eigenvalue weighted by Gasteiger charge is -2.27. The Morgan fingerprint density at radius 3 is 2.04 bits per heavy atom. The van der Waals surface area contributed by atoms with Crippen LogP contribution in [0.5, 0.6) is 0 Å². The Balaban J connectivity index is 1.25. The Morgan fingerprint density at radius 2 is 1.16 bits per heavy atom. The van der Waals surface area contributed by atoms with Crippen molar-refractivity contribution in [2.24, 2.45) is 0 Å². The van der Waals surface area contributed by atoms with Crippen LogP contribution in [-0.2, 0) is 0 Å². The van der Waals surface area contributed by atoms with E-state index in [0.717, 1.165) is 50.2 Å². The van der Waals surface area contributed by atoms with Gasteiger partial charge < -0.3 is 13.9 Å². The van der Waals surface area contributed by atoms with E-state index in [2.05, 4.69) is 198 Å². The van der Waals surface area contributed by atoms with Gasteiger partial charge >= 0.3 is 0 Å². The summed E-state index contributed by atoms with van der Waals surface area (Å²) in [5.41, 5.74) is 10.9. The quantitative estimate of drug-likeness (QED) is 0.176. The van der Waals surface area contributed by atoms with Crippen molar-refractivity contribution in [3.63, 3.8) is 0 Å². The molecule has 3 aromatic heterocycles. The number of hydrogen-bond acceptors (Lipinski definition) is 3. The molecule has 3 heterocycles. The van der Waals surface area contributed by atoms with Gasteiger partial charge in [0.1, 0.15) is 11.2 Å². The smallest absolute Gasteiger partial charge is 0.137 e. The number of anilines is 3. The molecule has 9 aromatic carbocycles. The van der Waals surface area contributed by atoms with Crippen LogP contribution in [0.4, 0.5) is 17.1 Å². The van der Waals surface area contributed by atoms with Crippen LogP contribution in [0.15, 0.2) is 199 Å². The fraction of sp³-hybridized carbons (Fsp3) is 0. The fourth-order valence-electron chi connectivity index (χ4n) is 8.87. The van der Waals surface area contributed by atoms with E-state index in [1.54, 1.807) is 0 Å². The zero-order valence-corrected chi connectivity index (χ0v) is 31.0. The summed E-state index contributed by atoms with van der Waals surface area (Å²) in [5.74, 6) is 0. The molecule has 0 unspecified atom stereocenters. The summed E-state index contributed by atoms with van der Waals surface area (Å²) in [5, 5.41) is 9.57. The van der Waals surface area contributed by atoms with Gasteiger partial charge in [0.2, 0.25) is 0 Å². The number of aromatic nitrogens is 1. The van der Waals surface area contributed by atoms with Crippen LogP contribution in [0.25, 0.3) is 91.5 Å². The van der Waals surface area contributed by atoms with E-state index in [1.807, 2.05) is 17.4 Å². The van der Waals surface area contributed by atoms with Gasteiger partial charge in [-0.05, 0) is 77.2 Å². The molecule has 0 amide bonds. The molecule has 0 bridgehead atoms. The summed E-state index contributed by atoms with van der Waals surface area (Å²) in [6, 6.07) is 70.3. The van der Waals surface area contributed by atoms with Crippen molar-refractivity contribution >= 4 is 103 Å². The molecule has 0 saturated carbocycles. The minimum atomic E-state index is 0.877. The Morgan fingerprint density at radius 1 is 0.446 bits per heavy atom. The number of rotatable bonds is 5. The molecule has 12 rings (SSSR count). The van der Waals surface area contributed by atoms with Crippen molar-refractivity contribution < 1.29 is 4.42 Å². The first-order valence-electron chi connectivity index (χ1n) is 19.0. The normalized spacial score (nSPS) is 11.9. The first kappa shape index (κ1) is 31.2. The number of fused-ring (bicyclic) bond motifs is 11. The van der Waals surface area contributed by atoms with Crippen LogP contribution in [0.2, 0.25) is 0 Å². The molecule has 3 nitrogen and oxygen atoms in total. The molecule has 0 atom stereocenters. The highest BCUT2D eigenvalue weighted by Gasteiger charge is 2.26. The van der Waals surface area contributed by atoms with E-state index >= 15 is 0 Å². The average molecular weight is 733 g/mol. The van der Waals surface area contributed by atoms with Gasteiger partial charge in [0, 0.05) is 59.8 Å². The zero-order valence-electron chi connectivity index (χ0n) is 30.2. The highest BCUT2D eigenvalue weighted by atomic mass is 32.1. The molecule has 12 aromatic rings. The molecule has 262 valence electrons. The van der Waals surface area contributed by atoms with Crippen LogP contribution >= 0.6 is 11.3 Å². The van der Waals surface area contributed by atoms with Crippen molar-refractivity contribution in [3.05, 3.63) is 194 Å². The number of benzene rings is 9. The third-order valence-corrected chi connectivity index (χ3v) is 12.5. The maximum atomic E-state index is 6.50. The molecule has 0 aliphatic heterocycles. The Kier molecular flexibility index (Phi) is 6.80. The van der Waals surface area contributed by atoms with Gasteiger partial charge in [-0.2, -0.15) is 0 Å². The SMILES string of the molecule is c1ccc(-c2ccc3c(c2)c2c(N(c4ccccc4)c4cccc5c4sc4ccccc45)cc4ccccc4c2n3-c2ccc3c(c2)oc2ccccc23)cc1. The van der Waals surface area contributed by atoms with Crippen LogP contribution in [0, 0.1) is 0 Å². The monoisotopic (exact) mass is 732 g/mol. The second kappa shape index (κ2) is 12.2. The van der Waals surface area contributed by atoms with Gasteiger partial charge in [0.15, 0.2) is 0 Å². The Bertz CT molecular complexity index is 3480. The molecule has 0 spiro atoms. The van der Waals surface area contributed by atoms with Gasteiger partial charge in [-0.25, -0.2) is 0 Å². The lowest BCUT2D eigenvalue weighted by atomic mass is 9.99. The number of para-hydroxylation sites is 2. The zero-order chi connectivity index (χ0) is 36.7. The number of thiophene rings is 1.